The first-order valence-corrected chi connectivity index (χ1v) is 11.8. The van der Waals surface area contributed by atoms with Crippen molar-refractivity contribution >= 4 is 11.9 Å². The third-order valence-electron chi connectivity index (χ3n) is 7.54. The van der Waals surface area contributed by atoms with Gasteiger partial charge in [-0.2, -0.15) is 0 Å². The molecule has 1 aromatic rings. The maximum Gasteiger partial charge on any atom is 0.344 e. The Morgan fingerprint density at radius 1 is 1.25 bits per heavy atom. The second kappa shape index (κ2) is 9.40. The Labute approximate surface area is 188 Å². The summed E-state index contributed by atoms with van der Waals surface area (Å²) in [5, 5.41) is 29.2. The molecular formula is C25H34O7. The zero-order valence-corrected chi connectivity index (χ0v) is 18.7. The highest BCUT2D eigenvalue weighted by molar-refractivity contribution is 5.72. The Balaban J connectivity index is 1.36. The van der Waals surface area contributed by atoms with E-state index in [0.29, 0.717) is 43.3 Å². The molecule has 7 nitrogen and oxygen atoms in total. The first-order chi connectivity index (χ1) is 15.3. The standard InChI is InChI=1S/C25H34O7/c1-15(26)5-6-18-19-11-16-3-2-4-22(20(16)12-17(19)13-21(18)27)31-14-24(30)32-25(9-10-25)8-7-23(28)29/h2-4,15,17-19,21,26-27H,5-14H2,1H3,(H,28,29)/t15-,17-,18+,19-,21+/m0/s1. The van der Waals surface area contributed by atoms with Crippen molar-refractivity contribution in [1.82, 2.24) is 0 Å². The highest BCUT2D eigenvalue weighted by Crippen LogP contribution is 2.48. The van der Waals surface area contributed by atoms with Crippen LogP contribution in [0.2, 0.25) is 0 Å². The molecule has 0 heterocycles. The lowest BCUT2D eigenvalue weighted by Gasteiger charge is -2.32. The van der Waals surface area contributed by atoms with E-state index >= 15 is 0 Å². The zero-order chi connectivity index (χ0) is 22.9. The average Bonchev–Trinajstić information content (AvgIpc) is 3.43. The summed E-state index contributed by atoms with van der Waals surface area (Å²) in [6, 6.07) is 5.91. The van der Waals surface area contributed by atoms with E-state index in [9.17, 15) is 19.8 Å². The summed E-state index contributed by atoms with van der Waals surface area (Å²) in [4.78, 5) is 23.1. The number of hydrogen-bond donors (Lipinski definition) is 3. The van der Waals surface area contributed by atoms with Crippen LogP contribution in [0, 0.1) is 17.8 Å². The maximum atomic E-state index is 12.3. The molecule has 3 aliphatic rings. The topological polar surface area (TPSA) is 113 Å². The molecule has 0 unspecified atom stereocenters. The van der Waals surface area contributed by atoms with Crippen molar-refractivity contribution in [2.75, 3.05) is 6.61 Å². The highest BCUT2D eigenvalue weighted by atomic mass is 16.6. The minimum Gasteiger partial charge on any atom is -0.482 e. The van der Waals surface area contributed by atoms with Crippen molar-refractivity contribution in [3.8, 4) is 5.75 Å². The van der Waals surface area contributed by atoms with E-state index in [0.717, 1.165) is 31.2 Å². The number of aliphatic hydroxyl groups is 2. The van der Waals surface area contributed by atoms with Gasteiger partial charge >= 0.3 is 11.9 Å². The number of ether oxygens (including phenoxy) is 2. The Bertz CT molecular complexity index is 845. The number of carbonyl (C=O) groups excluding carboxylic acids is 1. The lowest BCUT2D eigenvalue weighted by molar-refractivity contribution is -0.155. The van der Waals surface area contributed by atoms with Gasteiger partial charge in [0.1, 0.15) is 11.4 Å². The normalized spacial score (nSPS) is 28.3. The molecule has 4 rings (SSSR count). The van der Waals surface area contributed by atoms with Gasteiger partial charge in [-0.25, -0.2) is 4.79 Å². The number of carbonyl (C=O) groups is 2. The number of carboxylic acid groups (broad SMARTS) is 1. The molecule has 3 aliphatic carbocycles. The number of hydrogen-bond acceptors (Lipinski definition) is 6. The van der Waals surface area contributed by atoms with Gasteiger partial charge in [0.25, 0.3) is 0 Å². The smallest absolute Gasteiger partial charge is 0.344 e. The molecule has 2 fully saturated rings. The van der Waals surface area contributed by atoms with Crippen molar-refractivity contribution in [3.05, 3.63) is 29.3 Å². The summed E-state index contributed by atoms with van der Waals surface area (Å²) in [5.41, 5.74) is 1.69. The predicted octanol–water partition coefficient (Wildman–Crippen LogP) is 2.88. The van der Waals surface area contributed by atoms with Crippen molar-refractivity contribution in [2.24, 2.45) is 17.8 Å². The lowest BCUT2D eigenvalue weighted by atomic mass is 9.73. The van der Waals surface area contributed by atoms with Crippen LogP contribution in [-0.4, -0.2) is 51.7 Å². The molecule has 0 aromatic heterocycles. The second-order valence-electron chi connectivity index (χ2n) is 9.96. The van der Waals surface area contributed by atoms with Gasteiger partial charge in [-0.05, 0) is 93.2 Å². The second-order valence-corrected chi connectivity index (χ2v) is 9.96. The highest BCUT2D eigenvalue weighted by Gasteiger charge is 2.47. The third-order valence-corrected chi connectivity index (χ3v) is 7.54. The van der Waals surface area contributed by atoms with E-state index < -0.39 is 17.5 Å². The summed E-state index contributed by atoms with van der Waals surface area (Å²) in [7, 11) is 0. The van der Waals surface area contributed by atoms with E-state index in [1.54, 1.807) is 6.92 Å². The molecule has 0 spiro atoms. The fraction of sp³-hybridized carbons (Fsp3) is 0.680. The van der Waals surface area contributed by atoms with Crippen molar-refractivity contribution in [3.63, 3.8) is 0 Å². The quantitative estimate of drug-likeness (QED) is 0.474. The Morgan fingerprint density at radius 3 is 2.72 bits per heavy atom. The summed E-state index contributed by atoms with van der Waals surface area (Å²) in [5.74, 6) is 0.328. The van der Waals surface area contributed by atoms with Gasteiger partial charge in [-0.1, -0.05) is 12.1 Å². The molecule has 2 saturated carbocycles. The van der Waals surface area contributed by atoms with Gasteiger partial charge < -0.3 is 24.8 Å². The fourth-order valence-electron chi connectivity index (χ4n) is 5.66. The number of aliphatic carboxylic acids is 1. The van der Waals surface area contributed by atoms with Gasteiger partial charge in [0.15, 0.2) is 6.61 Å². The molecule has 1 aromatic carbocycles. The molecule has 176 valence electrons. The minimum atomic E-state index is -0.886. The monoisotopic (exact) mass is 446 g/mol. The first-order valence-electron chi connectivity index (χ1n) is 11.8. The van der Waals surface area contributed by atoms with Crippen LogP contribution < -0.4 is 4.74 Å². The minimum absolute atomic E-state index is 0.00700. The van der Waals surface area contributed by atoms with Crippen molar-refractivity contribution in [2.45, 2.75) is 82.5 Å². The average molecular weight is 447 g/mol. The molecule has 0 radical (unpaired) electrons. The predicted molar refractivity (Wildman–Crippen MR) is 116 cm³/mol. The van der Waals surface area contributed by atoms with Crippen LogP contribution in [0.5, 0.6) is 5.75 Å². The Kier molecular flexibility index (Phi) is 6.77. The summed E-state index contributed by atoms with van der Waals surface area (Å²) in [6.07, 6.45) is 5.05. The Hall–Kier alpha value is -2.12. The Morgan fingerprint density at radius 2 is 2.03 bits per heavy atom. The van der Waals surface area contributed by atoms with E-state index in [1.807, 2.05) is 12.1 Å². The van der Waals surface area contributed by atoms with E-state index in [1.165, 1.54) is 5.56 Å². The van der Waals surface area contributed by atoms with Crippen LogP contribution in [0.1, 0.15) is 63.0 Å². The van der Waals surface area contributed by atoms with Crippen LogP contribution in [-0.2, 0) is 27.2 Å². The van der Waals surface area contributed by atoms with Crippen LogP contribution in [0.25, 0.3) is 0 Å². The van der Waals surface area contributed by atoms with E-state index in [-0.39, 0.29) is 31.2 Å². The fourth-order valence-corrected chi connectivity index (χ4v) is 5.66. The van der Waals surface area contributed by atoms with Gasteiger partial charge in [0.2, 0.25) is 0 Å². The molecule has 3 N–H and O–H groups in total. The number of carboxylic acids is 1. The number of rotatable bonds is 10. The van der Waals surface area contributed by atoms with E-state index in [4.69, 9.17) is 14.6 Å². The number of aliphatic hydroxyl groups excluding tert-OH is 2. The van der Waals surface area contributed by atoms with Gasteiger partial charge in [-0.3, -0.25) is 4.79 Å². The number of fused-ring (bicyclic) bond motifs is 2. The van der Waals surface area contributed by atoms with Crippen LogP contribution in [0.3, 0.4) is 0 Å². The molecule has 0 saturated heterocycles. The summed E-state index contributed by atoms with van der Waals surface area (Å²) in [6.45, 7) is 1.60. The lowest BCUT2D eigenvalue weighted by Crippen LogP contribution is -2.28. The zero-order valence-electron chi connectivity index (χ0n) is 18.7. The maximum absolute atomic E-state index is 12.3. The third kappa shape index (κ3) is 5.26. The first kappa shape index (κ1) is 23.1. The van der Waals surface area contributed by atoms with Crippen LogP contribution >= 0.6 is 0 Å². The SMILES string of the molecule is C[C@H](O)CC[C@@H]1[C@H]2Cc3cccc(OCC(=O)OC4(CCC(=O)O)CC4)c3C[C@H]2C[C@H]1O. The molecule has 0 bridgehead atoms. The number of esters is 1. The van der Waals surface area contributed by atoms with E-state index in [2.05, 4.69) is 6.07 Å². The molecule has 5 atom stereocenters. The van der Waals surface area contributed by atoms with Crippen LogP contribution in [0.4, 0.5) is 0 Å². The molecule has 0 aliphatic heterocycles. The van der Waals surface area contributed by atoms with Gasteiger partial charge in [0.05, 0.1) is 12.2 Å². The molecule has 32 heavy (non-hydrogen) atoms. The summed E-state index contributed by atoms with van der Waals surface area (Å²) < 4.78 is 11.4. The number of benzene rings is 1. The molecule has 0 amide bonds. The molecule has 7 heteroatoms. The largest absolute Gasteiger partial charge is 0.482 e. The van der Waals surface area contributed by atoms with Gasteiger partial charge in [-0.15, -0.1) is 0 Å². The molecular weight excluding hydrogens is 412 g/mol. The van der Waals surface area contributed by atoms with Crippen molar-refractivity contribution in [1.29, 1.82) is 0 Å². The summed E-state index contributed by atoms with van der Waals surface area (Å²) >= 11 is 0. The van der Waals surface area contributed by atoms with Crippen LogP contribution in [0.15, 0.2) is 18.2 Å². The van der Waals surface area contributed by atoms with Crippen molar-refractivity contribution < 1.29 is 34.4 Å². The van der Waals surface area contributed by atoms with Gasteiger partial charge in [0, 0.05) is 6.42 Å².